The van der Waals surface area contributed by atoms with Gasteiger partial charge in [0.2, 0.25) is 0 Å². The van der Waals surface area contributed by atoms with Crippen molar-refractivity contribution in [2.75, 3.05) is 12.1 Å². The average Bonchev–Trinajstić information content (AvgIpc) is 2.15. The molecule has 4 nitrogen and oxygen atoms in total. The molecule has 0 unspecified atom stereocenters. The molecule has 0 heterocycles. The number of hydrogen-bond donors (Lipinski definition) is 0. The van der Waals surface area contributed by atoms with Gasteiger partial charge in [0.1, 0.15) is 5.69 Å². The maximum atomic E-state index is 12.2. The summed E-state index contributed by atoms with van der Waals surface area (Å²) < 4.78 is 36.7. The second-order valence-electron chi connectivity index (χ2n) is 2.81. The van der Waals surface area contributed by atoms with Gasteiger partial charge in [-0.25, -0.2) is 10.1 Å². The first kappa shape index (κ1) is 11.3. The van der Waals surface area contributed by atoms with Gasteiger partial charge in [0, 0.05) is 0 Å². The lowest BCUT2D eigenvalue weighted by atomic mass is 10.2. The van der Waals surface area contributed by atoms with Crippen molar-refractivity contribution in [2.45, 2.75) is 6.18 Å². The first-order valence-electron chi connectivity index (χ1n) is 3.87. The molecule has 0 fully saturated rings. The van der Waals surface area contributed by atoms with Gasteiger partial charge in [0.15, 0.2) is 5.03 Å². The Bertz CT molecular complexity index is 378. The normalized spacial score (nSPS) is 11.2. The number of halogens is 3. The van der Waals surface area contributed by atoms with Crippen LogP contribution >= 0.6 is 0 Å². The molecule has 0 radical (unpaired) electrons. The van der Waals surface area contributed by atoms with Gasteiger partial charge in [-0.1, -0.05) is 11.1 Å². The quantitative estimate of drug-likeness (QED) is 0.567. The smallest absolute Gasteiger partial charge is 0.234 e. The molecule has 0 atom stereocenters. The third kappa shape index (κ3) is 2.58. The van der Waals surface area contributed by atoms with E-state index in [1.54, 1.807) is 0 Å². The van der Waals surface area contributed by atoms with Crippen LogP contribution in [0.5, 0.6) is 0 Å². The molecule has 1 aromatic carbocycles. The number of hydrogen-bond acceptors (Lipinski definition) is 2. The lowest BCUT2D eigenvalue weighted by molar-refractivity contribution is -0.490. The van der Waals surface area contributed by atoms with Crippen LogP contribution in [-0.2, 0) is 6.18 Å². The van der Waals surface area contributed by atoms with Crippen LogP contribution in [0, 0.1) is 10.1 Å². The van der Waals surface area contributed by atoms with E-state index in [1.165, 1.54) is 6.07 Å². The van der Waals surface area contributed by atoms with E-state index in [0.717, 1.165) is 25.2 Å². The summed E-state index contributed by atoms with van der Waals surface area (Å²) in [5.74, 6) is 0. The van der Waals surface area contributed by atoms with Crippen LogP contribution in [0.2, 0.25) is 0 Å². The van der Waals surface area contributed by atoms with E-state index in [2.05, 4.69) is 0 Å². The SMILES string of the molecule is CN(c1cccc(C(F)(F)F)c1)[N+](=O)[O-]. The number of hydrazine groups is 1. The molecule has 0 aliphatic rings. The van der Waals surface area contributed by atoms with Crippen molar-refractivity contribution in [2.24, 2.45) is 0 Å². The fourth-order valence-corrected chi connectivity index (χ4v) is 0.978. The van der Waals surface area contributed by atoms with Crippen LogP contribution in [-0.4, -0.2) is 12.1 Å². The second-order valence-corrected chi connectivity index (χ2v) is 2.81. The van der Waals surface area contributed by atoms with E-state index < -0.39 is 16.8 Å². The van der Waals surface area contributed by atoms with Gasteiger partial charge in [-0.3, -0.25) is 0 Å². The molecule has 1 aromatic rings. The Labute approximate surface area is 83.0 Å². The van der Waals surface area contributed by atoms with Crippen molar-refractivity contribution < 1.29 is 18.2 Å². The fraction of sp³-hybridized carbons (Fsp3) is 0.250. The third-order valence-corrected chi connectivity index (χ3v) is 1.79. The van der Waals surface area contributed by atoms with Crippen molar-refractivity contribution in [1.29, 1.82) is 0 Å². The zero-order valence-corrected chi connectivity index (χ0v) is 7.65. The Kier molecular flexibility index (Phi) is 2.83. The van der Waals surface area contributed by atoms with E-state index in [1.807, 2.05) is 0 Å². The van der Waals surface area contributed by atoms with Crippen molar-refractivity contribution in [1.82, 2.24) is 0 Å². The third-order valence-electron chi connectivity index (χ3n) is 1.79. The molecule has 0 aliphatic carbocycles. The minimum absolute atomic E-state index is 0.116. The zero-order valence-electron chi connectivity index (χ0n) is 7.65. The lowest BCUT2D eigenvalue weighted by Gasteiger charge is -2.11. The monoisotopic (exact) mass is 220 g/mol. The Balaban J connectivity index is 3.08. The summed E-state index contributed by atoms with van der Waals surface area (Å²) >= 11 is 0. The molecule has 0 saturated heterocycles. The standard InChI is InChI=1S/C8H7F3N2O2/c1-12(13(14)15)7-4-2-3-6(5-7)8(9,10)11/h2-5H,1H3. The topological polar surface area (TPSA) is 46.4 Å². The van der Waals surface area contributed by atoms with E-state index >= 15 is 0 Å². The Hall–Kier alpha value is -1.79. The predicted octanol–water partition coefficient (Wildman–Crippen LogP) is 2.33. The summed E-state index contributed by atoms with van der Waals surface area (Å²) in [4.78, 5) is 10.3. The molecular weight excluding hydrogens is 213 g/mol. The highest BCUT2D eigenvalue weighted by molar-refractivity contribution is 5.46. The minimum Gasteiger partial charge on any atom is -0.234 e. The summed E-state index contributed by atoms with van der Waals surface area (Å²) in [5.41, 5.74) is -1.02. The van der Waals surface area contributed by atoms with Crippen LogP contribution in [0.3, 0.4) is 0 Å². The summed E-state index contributed by atoms with van der Waals surface area (Å²) in [7, 11) is 1.08. The van der Waals surface area contributed by atoms with Crippen LogP contribution < -0.4 is 5.01 Å². The van der Waals surface area contributed by atoms with Crippen molar-refractivity contribution in [3.8, 4) is 0 Å². The Morgan fingerprint density at radius 1 is 1.40 bits per heavy atom. The highest BCUT2D eigenvalue weighted by Crippen LogP contribution is 2.31. The molecule has 15 heavy (non-hydrogen) atoms. The number of nitrogens with zero attached hydrogens (tertiary/aromatic N) is 2. The number of anilines is 1. The molecule has 1 rings (SSSR count). The van der Waals surface area contributed by atoms with Crippen molar-refractivity contribution >= 4 is 5.69 Å². The molecule has 0 aromatic heterocycles. The minimum atomic E-state index is -4.49. The van der Waals surface area contributed by atoms with Gasteiger partial charge in [0.05, 0.1) is 12.6 Å². The second kappa shape index (κ2) is 3.76. The van der Waals surface area contributed by atoms with Gasteiger partial charge in [-0.05, 0) is 18.2 Å². The van der Waals surface area contributed by atoms with Gasteiger partial charge in [-0.2, -0.15) is 13.2 Å². The molecule has 7 heteroatoms. The van der Waals surface area contributed by atoms with E-state index in [9.17, 15) is 23.3 Å². The van der Waals surface area contributed by atoms with Gasteiger partial charge in [-0.15, -0.1) is 0 Å². The number of rotatable bonds is 2. The van der Waals surface area contributed by atoms with Crippen LogP contribution in [0.1, 0.15) is 5.56 Å². The molecule has 0 saturated carbocycles. The van der Waals surface area contributed by atoms with Gasteiger partial charge in [0.25, 0.3) is 0 Å². The van der Waals surface area contributed by atoms with E-state index in [0.29, 0.717) is 5.01 Å². The van der Waals surface area contributed by atoms with Crippen LogP contribution in [0.25, 0.3) is 0 Å². The van der Waals surface area contributed by atoms with Crippen LogP contribution in [0.15, 0.2) is 24.3 Å². The predicted molar refractivity (Wildman–Crippen MR) is 46.8 cm³/mol. The molecule has 0 N–H and O–H groups in total. The molecule has 0 amide bonds. The average molecular weight is 220 g/mol. The maximum Gasteiger partial charge on any atom is 0.416 e. The zero-order chi connectivity index (χ0) is 11.6. The van der Waals surface area contributed by atoms with Crippen LogP contribution in [0.4, 0.5) is 18.9 Å². The highest BCUT2D eigenvalue weighted by atomic mass is 19.4. The largest absolute Gasteiger partial charge is 0.416 e. The Morgan fingerprint density at radius 3 is 2.47 bits per heavy atom. The Morgan fingerprint density at radius 2 is 2.00 bits per heavy atom. The summed E-state index contributed by atoms with van der Waals surface area (Å²) in [5, 5.41) is 10.0. The van der Waals surface area contributed by atoms with E-state index in [4.69, 9.17) is 0 Å². The summed E-state index contributed by atoms with van der Waals surface area (Å²) in [6, 6.07) is 3.94. The number of nitro groups is 1. The van der Waals surface area contributed by atoms with Gasteiger partial charge >= 0.3 is 6.18 Å². The van der Waals surface area contributed by atoms with Gasteiger partial charge < -0.3 is 0 Å². The fourth-order valence-electron chi connectivity index (χ4n) is 0.978. The number of alkyl halides is 3. The van der Waals surface area contributed by atoms with Crippen molar-refractivity contribution in [3.05, 3.63) is 39.9 Å². The number of benzene rings is 1. The molecule has 0 aliphatic heterocycles. The first-order valence-corrected chi connectivity index (χ1v) is 3.87. The summed E-state index contributed by atoms with van der Waals surface area (Å²) in [6.07, 6.45) is -4.49. The maximum absolute atomic E-state index is 12.2. The lowest BCUT2D eigenvalue weighted by Crippen LogP contribution is -2.24. The highest BCUT2D eigenvalue weighted by Gasteiger charge is 2.31. The molecule has 0 spiro atoms. The van der Waals surface area contributed by atoms with E-state index in [-0.39, 0.29) is 5.69 Å². The first-order chi connectivity index (χ1) is 6.82. The molecule has 82 valence electrons. The summed E-state index contributed by atoms with van der Waals surface area (Å²) in [6.45, 7) is 0. The van der Waals surface area contributed by atoms with Crippen molar-refractivity contribution in [3.63, 3.8) is 0 Å². The molecular formula is C8H7F3N2O2. The molecule has 0 bridgehead atoms.